The van der Waals surface area contributed by atoms with Crippen LogP contribution in [0.25, 0.3) is 11.6 Å². The van der Waals surface area contributed by atoms with E-state index in [0.29, 0.717) is 30.4 Å². The van der Waals surface area contributed by atoms with E-state index < -0.39 is 0 Å². The Kier molecular flexibility index (Phi) is 2.55. The minimum atomic E-state index is 0.180. The van der Waals surface area contributed by atoms with Gasteiger partial charge in [0, 0.05) is 18.8 Å². The Morgan fingerprint density at radius 3 is 2.80 bits per heavy atom. The number of aromatic nitrogens is 5. The monoisotopic (exact) mass is 205 g/mol. The standard InChI is InChI=1S/C8H11N7/c9-2-1-5-13-7(15-8(10)14-5)6-11-3-4-12-6/h3-4H,1-2,9H2,(H,11,12)(H2,10,13,14,15). The molecule has 0 unspecified atom stereocenters. The first-order chi connectivity index (χ1) is 7.29. The van der Waals surface area contributed by atoms with Crippen LogP contribution in [0.5, 0.6) is 0 Å². The summed E-state index contributed by atoms with van der Waals surface area (Å²) >= 11 is 0. The third-order valence-corrected chi connectivity index (χ3v) is 1.78. The summed E-state index contributed by atoms with van der Waals surface area (Å²) in [6.07, 6.45) is 3.89. The lowest BCUT2D eigenvalue weighted by molar-refractivity contribution is 0.851. The van der Waals surface area contributed by atoms with Gasteiger partial charge in [0.1, 0.15) is 5.82 Å². The van der Waals surface area contributed by atoms with Gasteiger partial charge in [0.05, 0.1) is 0 Å². The van der Waals surface area contributed by atoms with Crippen LogP contribution in [0.3, 0.4) is 0 Å². The fraction of sp³-hybridized carbons (Fsp3) is 0.250. The first kappa shape index (κ1) is 9.53. The molecule has 0 fully saturated rings. The molecule has 2 aromatic rings. The average molecular weight is 205 g/mol. The van der Waals surface area contributed by atoms with Gasteiger partial charge in [-0.15, -0.1) is 0 Å². The fourth-order valence-electron chi connectivity index (χ4n) is 1.17. The summed E-state index contributed by atoms with van der Waals surface area (Å²) in [6.45, 7) is 0.473. The van der Waals surface area contributed by atoms with Crippen LogP contribution in [-0.4, -0.2) is 31.5 Å². The second-order valence-corrected chi connectivity index (χ2v) is 2.91. The normalized spacial score (nSPS) is 10.5. The number of hydrogen-bond acceptors (Lipinski definition) is 6. The number of rotatable bonds is 3. The van der Waals surface area contributed by atoms with Crippen LogP contribution in [0.15, 0.2) is 12.4 Å². The molecule has 78 valence electrons. The zero-order chi connectivity index (χ0) is 10.7. The predicted octanol–water partition coefficient (Wildman–Crippen LogP) is -0.655. The van der Waals surface area contributed by atoms with Gasteiger partial charge in [-0.1, -0.05) is 0 Å². The van der Waals surface area contributed by atoms with Gasteiger partial charge < -0.3 is 16.5 Å². The highest BCUT2D eigenvalue weighted by Crippen LogP contribution is 2.09. The van der Waals surface area contributed by atoms with Crippen molar-refractivity contribution in [3.05, 3.63) is 18.2 Å². The molecule has 2 aromatic heterocycles. The lowest BCUT2D eigenvalue weighted by Gasteiger charge is -2.01. The summed E-state index contributed by atoms with van der Waals surface area (Å²) in [5, 5.41) is 0. The molecule has 0 bridgehead atoms. The number of imidazole rings is 1. The third-order valence-electron chi connectivity index (χ3n) is 1.78. The van der Waals surface area contributed by atoms with Crippen LogP contribution in [0.1, 0.15) is 5.82 Å². The molecule has 0 spiro atoms. The van der Waals surface area contributed by atoms with Crippen molar-refractivity contribution in [3.63, 3.8) is 0 Å². The van der Waals surface area contributed by atoms with Gasteiger partial charge >= 0.3 is 0 Å². The van der Waals surface area contributed by atoms with Crippen molar-refractivity contribution < 1.29 is 0 Å². The largest absolute Gasteiger partial charge is 0.368 e. The molecule has 2 heterocycles. The molecule has 7 nitrogen and oxygen atoms in total. The molecule has 2 rings (SSSR count). The zero-order valence-corrected chi connectivity index (χ0v) is 8.01. The summed E-state index contributed by atoms with van der Waals surface area (Å²) in [4.78, 5) is 19.1. The van der Waals surface area contributed by atoms with Crippen LogP contribution in [0.4, 0.5) is 5.95 Å². The Balaban J connectivity index is 2.40. The van der Waals surface area contributed by atoms with E-state index in [2.05, 4.69) is 24.9 Å². The fourth-order valence-corrected chi connectivity index (χ4v) is 1.17. The van der Waals surface area contributed by atoms with E-state index in [0.717, 1.165) is 0 Å². The second kappa shape index (κ2) is 4.01. The molecule has 0 aliphatic heterocycles. The molecule has 0 aromatic carbocycles. The number of anilines is 1. The molecule has 7 heteroatoms. The molecule has 0 radical (unpaired) electrons. The molecule has 0 saturated heterocycles. The molecule has 0 amide bonds. The summed E-state index contributed by atoms with van der Waals surface area (Å²) in [7, 11) is 0. The molecule has 0 atom stereocenters. The average Bonchev–Trinajstić information content (AvgIpc) is 2.70. The van der Waals surface area contributed by atoms with Crippen LogP contribution in [-0.2, 0) is 6.42 Å². The molecular formula is C8H11N7. The lowest BCUT2D eigenvalue weighted by Crippen LogP contribution is -2.10. The van der Waals surface area contributed by atoms with Crippen molar-refractivity contribution in [2.75, 3.05) is 12.3 Å². The van der Waals surface area contributed by atoms with Crippen molar-refractivity contribution in [1.82, 2.24) is 24.9 Å². The topological polar surface area (TPSA) is 119 Å². The highest BCUT2D eigenvalue weighted by molar-refractivity contribution is 5.44. The maximum atomic E-state index is 5.55. The number of H-pyrrole nitrogens is 1. The van der Waals surface area contributed by atoms with E-state index in [1.807, 2.05) is 0 Å². The quantitative estimate of drug-likeness (QED) is 0.612. The summed E-state index contributed by atoms with van der Waals surface area (Å²) in [5.74, 6) is 1.77. The van der Waals surface area contributed by atoms with Crippen molar-refractivity contribution in [2.45, 2.75) is 6.42 Å². The highest BCUT2D eigenvalue weighted by Gasteiger charge is 2.07. The Morgan fingerprint density at radius 2 is 2.13 bits per heavy atom. The van der Waals surface area contributed by atoms with Crippen molar-refractivity contribution in [1.29, 1.82) is 0 Å². The number of aromatic amines is 1. The Bertz CT molecular complexity index is 436. The Morgan fingerprint density at radius 1 is 1.27 bits per heavy atom. The van der Waals surface area contributed by atoms with E-state index in [1.165, 1.54) is 0 Å². The van der Waals surface area contributed by atoms with Crippen LogP contribution >= 0.6 is 0 Å². The van der Waals surface area contributed by atoms with Gasteiger partial charge in [-0.2, -0.15) is 9.97 Å². The molecule has 0 aliphatic rings. The van der Waals surface area contributed by atoms with Crippen LogP contribution < -0.4 is 11.5 Å². The van der Waals surface area contributed by atoms with Crippen LogP contribution in [0, 0.1) is 0 Å². The lowest BCUT2D eigenvalue weighted by atomic mass is 10.4. The van der Waals surface area contributed by atoms with Crippen molar-refractivity contribution in [3.8, 4) is 11.6 Å². The molecule has 0 saturated carbocycles. The van der Waals surface area contributed by atoms with Gasteiger partial charge in [-0.05, 0) is 6.54 Å². The summed E-state index contributed by atoms with van der Waals surface area (Å²) < 4.78 is 0. The Hall–Kier alpha value is -2.02. The summed E-state index contributed by atoms with van der Waals surface area (Å²) in [5.41, 5.74) is 11.0. The molecule has 0 aliphatic carbocycles. The van der Waals surface area contributed by atoms with E-state index >= 15 is 0 Å². The van der Waals surface area contributed by atoms with Gasteiger partial charge in [0.25, 0.3) is 0 Å². The zero-order valence-electron chi connectivity index (χ0n) is 8.01. The number of nitrogens with zero attached hydrogens (tertiary/aromatic N) is 4. The number of hydrogen-bond donors (Lipinski definition) is 3. The van der Waals surface area contributed by atoms with E-state index in [-0.39, 0.29) is 5.95 Å². The predicted molar refractivity (Wildman–Crippen MR) is 54.6 cm³/mol. The van der Waals surface area contributed by atoms with E-state index in [4.69, 9.17) is 11.5 Å². The van der Waals surface area contributed by atoms with Gasteiger partial charge in [0.15, 0.2) is 5.82 Å². The Labute approximate surface area is 86.0 Å². The number of nitrogens with two attached hydrogens (primary N) is 2. The third kappa shape index (κ3) is 2.08. The minimum absolute atomic E-state index is 0.180. The highest BCUT2D eigenvalue weighted by atomic mass is 15.1. The maximum absolute atomic E-state index is 5.55. The molecular weight excluding hydrogens is 194 g/mol. The molecule has 15 heavy (non-hydrogen) atoms. The SMILES string of the molecule is NCCc1nc(N)nc(-c2ncc[nH]2)n1. The van der Waals surface area contributed by atoms with Gasteiger partial charge in [-0.3, -0.25) is 0 Å². The molecule has 5 N–H and O–H groups in total. The second-order valence-electron chi connectivity index (χ2n) is 2.91. The van der Waals surface area contributed by atoms with Gasteiger partial charge in [0.2, 0.25) is 11.8 Å². The number of nitrogens with one attached hydrogen (secondary N) is 1. The van der Waals surface area contributed by atoms with Crippen molar-refractivity contribution >= 4 is 5.95 Å². The van der Waals surface area contributed by atoms with E-state index in [9.17, 15) is 0 Å². The smallest absolute Gasteiger partial charge is 0.223 e. The van der Waals surface area contributed by atoms with Gasteiger partial charge in [-0.25, -0.2) is 9.97 Å². The number of nitrogen functional groups attached to an aromatic ring is 1. The summed E-state index contributed by atoms with van der Waals surface area (Å²) in [6, 6.07) is 0. The van der Waals surface area contributed by atoms with Crippen molar-refractivity contribution in [2.24, 2.45) is 5.73 Å². The van der Waals surface area contributed by atoms with Crippen LogP contribution in [0.2, 0.25) is 0 Å². The first-order valence-corrected chi connectivity index (χ1v) is 4.50. The minimum Gasteiger partial charge on any atom is -0.368 e. The van der Waals surface area contributed by atoms with E-state index in [1.54, 1.807) is 12.4 Å². The maximum Gasteiger partial charge on any atom is 0.223 e. The first-order valence-electron chi connectivity index (χ1n) is 4.50.